The highest BCUT2D eigenvalue weighted by Gasteiger charge is 2.53. The standard InChI is InChI=1S/C15H28N2/c1-10(9-17(2)3)16-15-8-11-7-14(15)13-6-4-5-12(11)13/h10-16H,4-9H2,1-3H3. The van der Waals surface area contributed by atoms with Gasteiger partial charge in [0.1, 0.15) is 0 Å². The third-order valence-electron chi connectivity index (χ3n) is 5.57. The summed E-state index contributed by atoms with van der Waals surface area (Å²) in [6, 6.07) is 1.49. The van der Waals surface area contributed by atoms with Crippen molar-refractivity contribution in [3.63, 3.8) is 0 Å². The monoisotopic (exact) mass is 236 g/mol. The Kier molecular flexibility index (Phi) is 3.20. The molecule has 6 atom stereocenters. The first-order valence-corrected chi connectivity index (χ1v) is 7.56. The van der Waals surface area contributed by atoms with Crippen LogP contribution in [0.2, 0.25) is 0 Å². The van der Waals surface area contributed by atoms with E-state index in [1.165, 1.54) is 25.8 Å². The first-order valence-electron chi connectivity index (χ1n) is 7.56. The molecule has 2 nitrogen and oxygen atoms in total. The minimum absolute atomic E-state index is 0.647. The average molecular weight is 236 g/mol. The second-order valence-corrected chi connectivity index (χ2v) is 7.09. The first-order chi connectivity index (χ1) is 8.15. The number of likely N-dealkylation sites (N-methyl/N-ethyl adjacent to an activating group) is 1. The van der Waals surface area contributed by atoms with Crippen LogP contribution in [-0.2, 0) is 0 Å². The Hall–Kier alpha value is -0.0800. The highest BCUT2D eigenvalue weighted by atomic mass is 15.1. The predicted octanol–water partition coefficient (Wildman–Crippen LogP) is 2.35. The van der Waals surface area contributed by atoms with Gasteiger partial charge in [0.25, 0.3) is 0 Å². The van der Waals surface area contributed by atoms with Gasteiger partial charge < -0.3 is 10.2 Å². The summed E-state index contributed by atoms with van der Waals surface area (Å²) in [4.78, 5) is 2.29. The quantitative estimate of drug-likeness (QED) is 0.806. The molecule has 3 aliphatic rings. The van der Waals surface area contributed by atoms with E-state index in [1.54, 1.807) is 12.8 Å². The average Bonchev–Trinajstić information content (AvgIpc) is 2.83. The van der Waals surface area contributed by atoms with Gasteiger partial charge in [-0.1, -0.05) is 6.42 Å². The van der Waals surface area contributed by atoms with Gasteiger partial charge in [-0.05, 0) is 70.4 Å². The van der Waals surface area contributed by atoms with Gasteiger partial charge in [0.15, 0.2) is 0 Å². The largest absolute Gasteiger partial charge is 0.310 e. The lowest BCUT2D eigenvalue weighted by Crippen LogP contribution is -2.46. The van der Waals surface area contributed by atoms with Crippen molar-refractivity contribution in [2.24, 2.45) is 23.7 Å². The van der Waals surface area contributed by atoms with Gasteiger partial charge >= 0.3 is 0 Å². The van der Waals surface area contributed by atoms with E-state index in [2.05, 4.69) is 31.2 Å². The Labute approximate surface area is 106 Å². The zero-order valence-corrected chi connectivity index (χ0v) is 11.7. The van der Waals surface area contributed by atoms with E-state index in [0.717, 1.165) is 29.7 Å². The number of nitrogens with one attached hydrogen (secondary N) is 1. The minimum Gasteiger partial charge on any atom is -0.310 e. The molecule has 3 saturated carbocycles. The molecule has 98 valence electrons. The predicted molar refractivity (Wildman–Crippen MR) is 72.0 cm³/mol. The lowest BCUT2D eigenvalue weighted by Gasteiger charge is -2.34. The van der Waals surface area contributed by atoms with Crippen LogP contribution in [0.1, 0.15) is 39.0 Å². The van der Waals surface area contributed by atoms with Crippen LogP contribution < -0.4 is 5.32 Å². The van der Waals surface area contributed by atoms with Crippen molar-refractivity contribution in [1.82, 2.24) is 10.2 Å². The smallest absolute Gasteiger partial charge is 0.0169 e. The topological polar surface area (TPSA) is 15.3 Å². The van der Waals surface area contributed by atoms with Gasteiger partial charge in [0.2, 0.25) is 0 Å². The lowest BCUT2D eigenvalue weighted by molar-refractivity contribution is 0.192. The Morgan fingerprint density at radius 3 is 2.65 bits per heavy atom. The summed E-state index contributed by atoms with van der Waals surface area (Å²) in [7, 11) is 4.35. The zero-order chi connectivity index (χ0) is 12.0. The van der Waals surface area contributed by atoms with E-state index < -0.39 is 0 Å². The number of nitrogens with zero attached hydrogens (tertiary/aromatic N) is 1. The van der Waals surface area contributed by atoms with E-state index in [0.29, 0.717) is 6.04 Å². The van der Waals surface area contributed by atoms with Crippen LogP contribution in [0.15, 0.2) is 0 Å². The second-order valence-electron chi connectivity index (χ2n) is 7.09. The van der Waals surface area contributed by atoms with Crippen LogP contribution >= 0.6 is 0 Å². The summed E-state index contributed by atoms with van der Waals surface area (Å²) in [6.45, 7) is 3.51. The SMILES string of the molecule is CC(CN(C)C)NC1CC2CC1C1CCCC21. The first kappa shape index (κ1) is 12.0. The number of fused-ring (bicyclic) bond motifs is 5. The fourth-order valence-corrected chi connectivity index (χ4v) is 5.23. The van der Waals surface area contributed by atoms with Crippen molar-refractivity contribution in [2.75, 3.05) is 20.6 Å². The van der Waals surface area contributed by atoms with Gasteiger partial charge in [0, 0.05) is 18.6 Å². The van der Waals surface area contributed by atoms with Crippen LogP contribution in [0, 0.1) is 23.7 Å². The molecular weight excluding hydrogens is 208 g/mol. The van der Waals surface area contributed by atoms with E-state index >= 15 is 0 Å². The number of hydrogen-bond acceptors (Lipinski definition) is 2. The molecule has 2 bridgehead atoms. The van der Waals surface area contributed by atoms with Crippen LogP contribution in [0.5, 0.6) is 0 Å². The molecule has 2 heteroatoms. The molecule has 0 aromatic heterocycles. The second kappa shape index (κ2) is 4.55. The highest BCUT2D eigenvalue weighted by Crippen LogP contribution is 2.58. The molecule has 1 N–H and O–H groups in total. The van der Waals surface area contributed by atoms with Crippen LogP contribution in [0.25, 0.3) is 0 Å². The molecular formula is C15H28N2. The maximum Gasteiger partial charge on any atom is 0.0169 e. The van der Waals surface area contributed by atoms with Crippen molar-refractivity contribution in [2.45, 2.75) is 51.1 Å². The Bertz CT molecular complexity index is 276. The Balaban J connectivity index is 1.56. The summed E-state index contributed by atoms with van der Waals surface area (Å²) in [5, 5.41) is 3.91. The van der Waals surface area contributed by atoms with Crippen molar-refractivity contribution in [3.05, 3.63) is 0 Å². The van der Waals surface area contributed by atoms with Crippen molar-refractivity contribution < 1.29 is 0 Å². The molecule has 0 spiro atoms. The fraction of sp³-hybridized carbons (Fsp3) is 1.00. The van der Waals surface area contributed by atoms with Crippen molar-refractivity contribution in [1.29, 1.82) is 0 Å². The summed E-state index contributed by atoms with van der Waals surface area (Å²) >= 11 is 0. The molecule has 3 fully saturated rings. The van der Waals surface area contributed by atoms with Crippen LogP contribution in [0.3, 0.4) is 0 Å². The molecule has 6 unspecified atom stereocenters. The Morgan fingerprint density at radius 2 is 1.88 bits per heavy atom. The van der Waals surface area contributed by atoms with E-state index in [1.807, 2.05) is 0 Å². The summed E-state index contributed by atoms with van der Waals surface area (Å²) in [5.41, 5.74) is 0. The van der Waals surface area contributed by atoms with Crippen LogP contribution in [0.4, 0.5) is 0 Å². The van der Waals surface area contributed by atoms with Gasteiger partial charge in [-0.2, -0.15) is 0 Å². The van der Waals surface area contributed by atoms with Gasteiger partial charge in [-0.3, -0.25) is 0 Å². The lowest BCUT2D eigenvalue weighted by atomic mass is 9.79. The molecule has 0 saturated heterocycles. The van der Waals surface area contributed by atoms with Crippen LogP contribution in [-0.4, -0.2) is 37.6 Å². The van der Waals surface area contributed by atoms with Gasteiger partial charge in [-0.15, -0.1) is 0 Å². The van der Waals surface area contributed by atoms with E-state index in [-0.39, 0.29) is 0 Å². The fourth-order valence-electron chi connectivity index (χ4n) is 5.23. The van der Waals surface area contributed by atoms with Gasteiger partial charge in [-0.25, -0.2) is 0 Å². The number of rotatable bonds is 4. The summed E-state index contributed by atoms with van der Waals surface area (Å²) in [6.07, 6.45) is 7.62. The van der Waals surface area contributed by atoms with Crippen molar-refractivity contribution in [3.8, 4) is 0 Å². The van der Waals surface area contributed by atoms with E-state index in [4.69, 9.17) is 0 Å². The highest BCUT2D eigenvalue weighted by molar-refractivity contribution is 5.05. The Morgan fingerprint density at radius 1 is 1.12 bits per heavy atom. The normalized spacial score (nSPS) is 45.5. The molecule has 0 aromatic rings. The van der Waals surface area contributed by atoms with E-state index in [9.17, 15) is 0 Å². The molecule has 0 heterocycles. The third-order valence-corrected chi connectivity index (χ3v) is 5.57. The number of hydrogen-bond donors (Lipinski definition) is 1. The zero-order valence-electron chi connectivity index (χ0n) is 11.7. The third kappa shape index (κ3) is 2.15. The molecule has 0 amide bonds. The molecule has 0 aliphatic heterocycles. The molecule has 17 heavy (non-hydrogen) atoms. The maximum atomic E-state index is 3.91. The van der Waals surface area contributed by atoms with Crippen molar-refractivity contribution >= 4 is 0 Å². The maximum absolute atomic E-state index is 3.91. The molecule has 3 rings (SSSR count). The molecule has 0 radical (unpaired) electrons. The molecule has 3 aliphatic carbocycles. The minimum atomic E-state index is 0.647. The molecule has 0 aromatic carbocycles. The summed E-state index contributed by atoms with van der Waals surface area (Å²) in [5.74, 6) is 4.33. The van der Waals surface area contributed by atoms with Gasteiger partial charge in [0.05, 0.1) is 0 Å². The summed E-state index contributed by atoms with van der Waals surface area (Å²) < 4.78 is 0.